The highest BCUT2D eigenvalue weighted by molar-refractivity contribution is 6.44. The first-order chi connectivity index (χ1) is 10.5. The maximum Gasteiger partial charge on any atom is 0.235 e. The number of carbonyl (C=O) groups excluding carboxylic acids is 1. The van der Waals surface area contributed by atoms with Gasteiger partial charge in [-0.3, -0.25) is 4.79 Å². The van der Waals surface area contributed by atoms with Gasteiger partial charge in [-0.25, -0.2) is 4.39 Å². The molecule has 0 aromatic heterocycles. The summed E-state index contributed by atoms with van der Waals surface area (Å²) in [5.41, 5.74) is 0.490. The van der Waals surface area contributed by atoms with Crippen molar-refractivity contribution in [3.63, 3.8) is 0 Å². The summed E-state index contributed by atoms with van der Waals surface area (Å²) >= 11 is 12.1. The molecule has 114 valence electrons. The third kappa shape index (κ3) is 2.59. The van der Waals surface area contributed by atoms with Crippen molar-refractivity contribution in [3.05, 3.63) is 63.9 Å². The van der Waals surface area contributed by atoms with Gasteiger partial charge in [0.25, 0.3) is 0 Å². The minimum Gasteiger partial charge on any atom is -0.324 e. The molecule has 0 saturated heterocycles. The van der Waals surface area contributed by atoms with E-state index in [9.17, 15) is 9.18 Å². The summed E-state index contributed by atoms with van der Waals surface area (Å²) in [5, 5.41) is 3.53. The van der Waals surface area contributed by atoms with Crippen LogP contribution in [-0.4, -0.2) is 5.91 Å². The minimum atomic E-state index is -0.687. The van der Waals surface area contributed by atoms with Crippen LogP contribution in [0.1, 0.15) is 24.8 Å². The fourth-order valence-electron chi connectivity index (χ4n) is 2.81. The summed E-state index contributed by atoms with van der Waals surface area (Å²) in [5.74, 6) is -0.508. The largest absolute Gasteiger partial charge is 0.324 e. The van der Waals surface area contributed by atoms with E-state index in [1.54, 1.807) is 30.3 Å². The monoisotopic (exact) mass is 337 g/mol. The summed E-state index contributed by atoms with van der Waals surface area (Å²) < 4.78 is 13.5. The Morgan fingerprint density at radius 2 is 1.86 bits per heavy atom. The Bertz CT molecular complexity index is 728. The van der Waals surface area contributed by atoms with Crippen LogP contribution in [0.4, 0.5) is 10.1 Å². The number of nitrogens with one attached hydrogen (secondary N) is 1. The number of halogens is 3. The lowest BCUT2D eigenvalue weighted by Crippen LogP contribution is -2.46. The number of amides is 1. The smallest absolute Gasteiger partial charge is 0.235 e. The van der Waals surface area contributed by atoms with E-state index in [2.05, 4.69) is 5.32 Å². The highest BCUT2D eigenvalue weighted by Crippen LogP contribution is 2.45. The van der Waals surface area contributed by atoms with E-state index in [1.807, 2.05) is 0 Å². The average Bonchev–Trinajstić information content (AvgIpc) is 2.43. The standard InChI is InChI=1S/C17H14Cl2FNO/c18-13-6-2-7-14(15(13)19)21-16(22)17(8-3-9-17)11-4-1-5-12(20)10-11/h1-2,4-7,10H,3,8-9H2,(H,21,22). The van der Waals surface area contributed by atoms with Crippen molar-refractivity contribution in [2.45, 2.75) is 24.7 Å². The molecule has 1 N–H and O–H groups in total. The quantitative estimate of drug-likeness (QED) is 0.819. The molecule has 0 aliphatic heterocycles. The fourth-order valence-corrected chi connectivity index (χ4v) is 3.15. The van der Waals surface area contributed by atoms with Crippen molar-refractivity contribution in [1.29, 1.82) is 0 Å². The van der Waals surface area contributed by atoms with Crippen LogP contribution in [0.3, 0.4) is 0 Å². The molecule has 0 atom stereocenters. The zero-order chi connectivity index (χ0) is 15.7. The highest BCUT2D eigenvalue weighted by Gasteiger charge is 2.45. The van der Waals surface area contributed by atoms with Gasteiger partial charge in [-0.15, -0.1) is 0 Å². The molecule has 0 bridgehead atoms. The van der Waals surface area contributed by atoms with Gasteiger partial charge in [0.1, 0.15) is 5.82 Å². The Balaban J connectivity index is 1.91. The summed E-state index contributed by atoms with van der Waals surface area (Å²) in [6.07, 6.45) is 2.33. The van der Waals surface area contributed by atoms with Crippen molar-refractivity contribution in [1.82, 2.24) is 0 Å². The van der Waals surface area contributed by atoms with Crippen LogP contribution >= 0.6 is 23.2 Å². The predicted octanol–water partition coefficient (Wildman–Crippen LogP) is 5.19. The summed E-state index contributed by atoms with van der Waals surface area (Å²) in [4.78, 5) is 12.8. The first-order valence-corrected chi connectivity index (χ1v) is 7.80. The maximum absolute atomic E-state index is 13.5. The van der Waals surface area contributed by atoms with E-state index in [4.69, 9.17) is 23.2 Å². The molecular weight excluding hydrogens is 324 g/mol. The minimum absolute atomic E-state index is 0.173. The molecule has 1 fully saturated rings. The number of rotatable bonds is 3. The van der Waals surface area contributed by atoms with Crippen LogP contribution in [0, 0.1) is 5.82 Å². The van der Waals surface area contributed by atoms with Gasteiger partial charge in [-0.2, -0.15) is 0 Å². The van der Waals surface area contributed by atoms with Crippen LogP contribution in [0.2, 0.25) is 10.0 Å². The lowest BCUT2D eigenvalue weighted by Gasteiger charge is -2.40. The van der Waals surface area contributed by atoms with E-state index in [0.717, 1.165) is 6.42 Å². The molecule has 3 rings (SSSR count). The van der Waals surface area contributed by atoms with Gasteiger partial charge in [-0.05, 0) is 42.7 Å². The molecule has 2 nitrogen and oxygen atoms in total. The number of carbonyl (C=O) groups is 1. The first-order valence-electron chi connectivity index (χ1n) is 7.04. The van der Waals surface area contributed by atoms with Gasteiger partial charge in [0, 0.05) is 0 Å². The molecule has 2 aromatic carbocycles. The third-order valence-corrected chi connectivity index (χ3v) is 5.04. The lowest BCUT2D eigenvalue weighted by atomic mass is 9.63. The second kappa shape index (κ2) is 5.90. The summed E-state index contributed by atoms with van der Waals surface area (Å²) in [7, 11) is 0. The summed E-state index contributed by atoms with van der Waals surface area (Å²) in [6, 6.07) is 11.3. The normalized spacial score (nSPS) is 16.0. The van der Waals surface area contributed by atoms with Gasteiger partial charge in [0.05, 0.1) is 21.1 Å². The molecule has 22 heavy (non-hydrogen) atoms. The number of hydrogen-bond acceptors (Lipinski definition) is 1. The molecule has 2 aromatic rings. The lowest BCUT2D eigenvalue weighted by molar-refractivity contribution is -0.124. The molecule has 1 saturated carbocycles. The van der Waals surface area contributed by atoms with Gasteiger partial charge in [-0.1, -0.05) is 47.8 Å². The van der Waals surface area contributed by atoms with Crippen molar-refractivity contribution >= 4 is 34.8 Å². The third-order valence-electron chi connectivity index (χ3n) is 4.22. The van der Waals surface area contributed by atoms with Crippen LogP contribution in [0.15, 0.2) is 42.5 Å². The van der Waals surface area contributed by atoms with Crippen molar-refractivity contribution in [2.75, 3.05) is 5.32 Å². The molecule has 0 unspecified atom stereocenters. The fraction of sp³-hybridized carbons (Fsp3) is 0.235. The average molecular weight is 338 g/mol. The number of benzene rings is 2. The van der Waals surface area contributed by atoms with Gasteiger partial charge in [0.15, 0.2) is 0 Å². The molecular formula is C17H14Cl2FNO. The second-order valence-electron chi connectivity index (χ2n) is 5.50. The van der Waals surface area contributed by atoms with Gasteiger partial charge < -0.3 is 5.32 Å². The SMILES string of the molecule is O=C(Nc1cccc(Cl)c1Cl)C1(c2cccc(F)c2)CCC1. The van der Waals surface area contributed by atoms with E-state index in [-0.39, 0.29) is 11.7 Å². The molecule has 1 aliphatic rings. The molecule has 1 aliphatic carbocycles. The Labute approximate surface area is 138 Å². The number of anilines is 1. The van der Waals surface area contributed by atoms with Gasteiger partial charge >= 0.3 is 0 Å². The zero-order valence-electron chi connectivity index (χ0n) is 11.7. The topological polar surface area (TPSA) is 29.1 Å². The Morgan fingerprint density at radius 1 is 1.14 bits per heavy atom. The van der Waals surface area contributed by atoms with Crippen molar-refractivity contribution in [2.24, 2.45) is 0 Å². The molecule has 5 heteroatoms. The van der Waals surface area contributed by atoms with Crippen LogP contribution in [0.25, 0.3) is 0 Å². The van der Waals surface area contributed by atoms with E-state index in [0.29, 0.717) is 34.1 Å². The Hall–Kier alpha value is -1.58. The maximum atomic E-state index is 13.5. The highest BCUT2D eigenvalue weighted by atomic mass is 35.5. The van der Waals surface area contributed by atoms with E-state index < -0.39 is 5.41 Å². The second-order valence-corrected chi connectivity index (χ2v) is 6.29. The van der Waals surface area contributed by atoms with E-state index >= 15 is 0 Å². The molecule has 0 heterocycles. The van der Waals surface area contributed by atoms with Crippen molar-refractivity contribution in [3.8, 4) is 0 Å². The van der Waals surface area contributed by atoms with Crippen molar-refractivity contribution < 1.29 is 9.18 Å². The molecule has 0 radical (unpaired) electrons. The van der Waals surface area contributed by atoms with Gasteiger partial charge in [0.2, 0.25) is 5.91 Å². The summed E-state index contributed by atoms with van der Waals surface area (Å²) in [6.45, 7) is 0. The molecule has 1 amide bonds. The number of hydrogen-bond donors (Lipinski definition) is 1. The van der Waals surface area contributed by atoms with Crippen LogP contribution < -0.4 is 5.32 Å². The van der Waals surface area contributed by atoms with E-state index in [1.165, 1.54) is 12.1 Å². The molecule has 0 spiro atoms. The Kier molecular flexibility index (Phi) is 4.11. The zero-order valence-corrected chi connectivity index (χ0v) is 13.2. The predicted molar refractivity (Wildman–Crippen MR) is 87.0 cm³/mol. The Morgan fingerprint density at radius 3 is 2.50 bits per heavy atom. The van der Waals surface area contributed by atoms with Crippen LogP contribution in [-0.2, 0) is 10.2 Å². The first kappa shape index (κ1) is 15.3. The van der Waals surface area contributed by atoms with Crippen LogP contribution in [0.5, 0.6) is 0 Å².